The molecule has 3 aliphatic carbocycles. The fourth-order valence-corrected chi connectivity index (χ4v) is 10.6. The number of halogens is 6. The van der Waals surface area contributed by atoms with Crippen molar-refractivity contribution in [2.75, 3.05) is 44.2 Å². The van der Waals surface area contributed by atoms with Gasteiger partial charge in [0, 0.05) is 69.6 Å². The number of nitrogens with one attached hydrogen (secondary N) is 2. The number of aromatic nitrogens is 6. The number of carbonyl (C=O) groups excluding carboxylic acids is 3. The molecule has 1 atom stereocenters. The van der Waals surface area contributed by atoms with Crippen LogP contribution in [0.5, 0.6) is 5.75 Å². The number of hydrogen-bond acceptors (Lipinski definition) is 11. The monoisotopic (exact) mass is 1000 g/mol. The van der Waals surface area contributed by atoms with E-state index in [0.29, 0.717) is 18.0 Å². The van der Waals surface area contributed by atoms with Gasteiger partial charge >= 0.3 is 17.8 Å². The van der Waals surface area contributed by atoms with Crippen LogP contribution in [0.2, 0.25) is 0 Å². The van der Waals surface area contributed by atoms with Crippen LogP contribution in [0.3, 0.4) is 0 Å². The van der Waals surface area contributed by atoms with E-state index >= 15 is 0 Å². The van der Waals surface area contributed by atoms with Crippen LogP contribution in [0.1, 0.15) is 85.4 Å². The van der Waals surface area contributed by atoms with Crippen LogP contribution in [0, 0.1) is 22.9 Å². The number of phenolic OH excluding ortho intramolecular Hbond substituents is 1. The van der Waals surface area contributed by atoms with E-state index in [1.165, 1.54) is 4.57 Å². The lowest BCUT2D eigenvalue weighted by molar-refractivity contribution is -0.192. The Bertz CT molecular complexity index is 3140. The normalized spacial score (nSPS) is 21.4. The van der Waals surface area contributed by atoms with Crippen molar-refractivity contribution in [2.45, 2.75) is 81.8 Å². The number of carboxylic acid groups (broad SMARTS) is 1. The van der Waals surface area contributed by atoms with Gasteiger partial charge in [0.1, 0.15) is 17.5 Å². The summed E-state index contributed by atoms with van der Waals surface area (Å²) in [5.41, 5.74) is 4.75. The van der Waals surface area contributed by atoms with Crippen LogP contribution >= 0.6 is 0 Å². The minimum atomic E-state index is -5.08. The molecule has 4 aromatic heterocycles. The molecule has 2 aliphatic heterocycles. The predicted octanol–water partition coefficient (Wildman–Crippen LogP) is 5.96. The molecule has 6 aromatic rings. The summed E-state index contributed by atoms with van der Waals surface area (Å²) in [6, 6.07) is 9.82. The lowest BCUT2D eigenvalue weighted by Crippen LogP contribution is -2.49. The molecule has 17 nitrogen and oxygen atoms in total. The topological polar surface area (TPSA) is 209 Å². The van der Waals surface area contributed by atoms with E-state index < -0.39 is 58.8 Å². The Morgan fingerprint density at radius 1 is 0.903 bits per heavy atom. The second-order valence-corrected chi connectivity index (χ2v) is 19.1. The molecule has 3 saturated carbocycles. The van der Waals surface area contributed by atoms with E-state index in [1.54, 1.807) is 11.6 Å². The average molecular weight is 1000 g/mol. The number of imidazole rings is 2. The molecule has 0 unspecified atom stereocenters. The van der Waals surface area contributed by atoms with E-state index in [0.717, 1.165) is 124 Å². The first-order valence-corrected chi connectivity index (χ1v) is 23.5. The molecule has 5 fully saturated rings. The first-order chi connectivity index (χ1) is 34.2. The van der Waals surface area contributed by atoms with Crippen LogP contribution in [-0.2, 0) is 33.3 Å². The van der Waals surface area contributed by atoms with E-state index in [4.69, 9.17) is 24.9 Å². The van der Waals surface area contributed by atoms with Crippen molar-refractivity contribution < 1.29 is 55.7 Å². The molecular weight excluding hydrogens is 955 g/mol. The highest BCUT2D eigenvalue weighted by Gasteiger charge is 2.50. The van der Waals surface area contributed by atoms with Gasteiger partial charge in [0.15, 0.2) is 17.4 Å². The third kappa shape index (κ3) is 9.72. The number of phenols is 1. The summed E-state index contributed by atoms with van der Waals surface area (Å²) < 4.78 is 78.9. The quantitative estimate of drug-likeness (QED) is 0.0674. The minimum Gasteiger partial charge on any atom is -0.503 e. The van der Waals surface area contributed by atoms with Crippen molar-refractivity contribution in [1.29, 1.82) is 0 Å². The molecule has 380 valence electrons. The number of carbonyl (C=O) groups is 4. The number of anilines is 1. The number of aryl methyl sites for hydroxylation is 2. The van der Waals surface area contributed by atoms with E-state index in [2.05, 4.69) is 26.6 Å². The highest BCUT2D eigenvalue weighted by molar-refractivity contribution is 6.00. The zero-order valence-electron chi connectivity index (χ0n) is 38.9. The summed E-state index contributed by atoms with van der Waals surface area (Å²) >= 11 is 0. The highest BCUT2D eigenvalue weighted by atomic mass is 19.4. The van der Waals surface area contributed by atoms with Gasteiger partial charge in [-0.1, -0.05) is 6.07 Å². The van der Waals surface area contributed by atoms with Gasteiger partial charge in [0.05, 0.1) is 40.4 Å². The summed E-state index contributed by atoms with van der Waals surface area (Å²) in [7, 11) is 1.71. The molecule has 0 radical (unpaired) electrons. The standard InChI is InChI=1S/C47H49F3N10O5.C2HF3O2/c1-56-35-21-28(4-5-33(35)60(45(56)65)34-6-7-39(61)55-44(34)64)3-2-15-57-17-19-58(20-18-57)38-25-51-32(24-52-38)29-8-16-59-26-36(54-37(59)22-29)47-12-9-46(10-13-47,11-14-47)27-53-43(63)30-23-31(48)42(62)41(50)40(30)49;3-2(4,5)1(6)7/h4-5,8,16,21-26,34,62H,2-3,6-7,9-15,17-20,27H2,1H3,(H,53,63)(H,55,61,64);(H,6,7)/t34-,46?,47?;/m1./s1. The Kier molecular flexibility index (Phi) is 13.4. The summed E-state index contributed by atoms with van der Waals surface area (Å²) in [5, 5.41) is 21.5. The number of nitrogens with zero attached hydrogens (tertiary/aromatic N) is 8. The van der Waals surface area contributed by atoms with Gasteiger partial charge < -0.3 is 24.8 Å². The van der Waals surface area contributed by atoms with Gasteiger partial charge in [-0.2, -0.15) is 17.6 Å². The molecule has 11 rings (SSSR count). The molecule has 3 amide bonds. The molecule has 5 aliphatic rings. The lowest BCUT2D eigenvalue weighted by atomic mass is 9.53. The van der Waals surface area contributed by atoms with Crippen LogP contribution < -0.4 is 21.2 Å². The Morgan fingerprint density at radius 2 is 1.61 bits per heavy atom. The maximum atomic E-state index is 14.3. The van der Waals surface area contributed by atoms with Crippen molar-refractivity contribution in [3.63, 3.8) is 0 Å². The zero-order valence-corrected chi connectivity index (χ0v) is 38.9. The SMILES string of the molecule is Cn1c(=O)n([C@@H]2CCC(=O)NC2=O)c2ccc(CCCN3CCN(c4cnc(-c5ccn6cc(C78CCC(CNC(=O)c9cc(F)c(O)c(F)c9F)(CC7)CC8)nc6c5)cn4)CC3)cc21.O=C(O)C(F)(F)F. The lowest BCUT2D eigenvalue weighted by Gasteiger charge is -2.53. The van der Waals surface area contributed by atoms with Gasteiger partial charge in [0.2, 0.25) is 17.6 Å². The fraction of sp³-hybridized carbons (Fsp3) is 0.429. The van der Waals surface area contributed by atoms with Crippen LogP contribution in [0.25, 0.3) is 27.9 Å². The molecule has 6 heterocycles. The van der Waals surface area contributed by atoms with Crippen LogP contribution in [0.4, 0.5) is 32.2 Å². The number of hydrogen-bond donors (Lipinski definition) is 4. The van der Waals surface area contributed by atoms with Gasteiger partial charge in [-0.3, -0.25) is 38.7 Å². The second-order valence-electron chi connectivity index (χ2n) is 19.1. The second kappa shape index (κ2) is 19.4. The Morgan fingerprint density at radius 3 is 2.26 bits per heavy atom. The number of imide groups is 1. The van der Waals surface area contributed by atoms with Crippen LogP contribution in [0.15, 0.2) is 66.0 Å². The number of piperazine rings is 1. The summed E-state index contributed by atoms with van der Waals surface area (Å²) in [5.74, 6) is -9.78. The van der Waals surface area contributed by atoms with Gasteiger partial charge in [-0.15, -0.1) is 0 Å². The Hall–Kier alpha value is -7.30. The number of aromatic hydroxyl groups is 1. The van der Waals surface area contributed by atoms with E-state index in [1.807, 2.05) is 53.3 Å². The number of benzene rings is 2. The van der Waals surface area contributed by atoms with Gasteiger partial charge in [0.25, 0.3) is 5.91 Å². The number of amides is 3. The molecule has 72 heavy (non-hydrogen) atoms. The predicted molar refractivity (Wildman–Crippen MR) is 248 cm³/mol. The highest BCUT2D eigenvalue weighted by Crippen LogP contribution is 2.57. The molecule has 2 aromatic carbocycles. The maximum Gasteiger partial charge on any atom is 0.490 e. The number of carboxylic acids is 1. The molecule has 23 heteroatoms. The molecule has 4 N–H and O–H groups in total. The smallest absolute Gasteiger partial charge is 0.490 e. The van der Waals surface area contributed by atoms with Crippen molar-refractivity contribution in [3.05, 3.63) is 106 Å². The maximum absolute atomic E-state index is 14.3. The van der Waals surface area contributed by atoms with Crippen molar-refractivity contribution in [3.8, 4) is 17.0 Å². The van der Waals surface area contributed by atoms with Crippen molar-refractivity contribution in [2.24, 2.45) is 12.5 Å². The number of piperidine rings is 1. The van der Waals surface area contributed by atoms with Gasteiger partial charge in [-0.25, -0.2) is 28.3 Å². The molecule has 2 saturated heterocycles. The largest absolute Gasteiger partial charge is 0.503 e. The Balaban J connectivity index is 0.000000853. The van der Waals surface area contributed by atoms with E-state index in [9.17, 15) is 50.6 Å². The molecular formula is C49H50F6N10O7. The number of aliphatic carboxylic acids is 1. The molecule has 2 bridgehead atoms. The number of fused-ring (bicyclic) bond motifs is 5. The third-order valence-electron chi connectivity index (χ3n) is 14.9. The number of pyridine rings is 1. The fourth-order valence-electron chi connectivity index (χ4n) is 10.6. The van der Waals surface area contributed by atoms with Crippen LogP contribution in [-0.4, -0.2) is 113 Å². The average Bonchev–Trinajstić information content (AvgIpc) is 3.92. The number of rotatable bonds is 11. The first kappa shape index (κ1) is 49.7. The first-order valence-electron chi connectivity index (χ1n) is 23.5. The molecule has 0 spiro atoms. The van der Waals surface area contributed by atoms with E-state index in [-0.39, 0.29) is 35.4 Å². The van der Waals surface area contributed by atoms with Crippen molar-refractivity contribution >= 4 is 46.2 Å². The van der Waals surface area contributed by atoms with Gasteiger partial charge in [-0.05, 0) is 106 Å². The minimum absolute atomic E-state index is 0.105. The Labute approximate surface area is 406 Å². The summed E-state index contributed by atoms with van der Waals surface area (Å²) in [6.07, 6.45) is 10.0. The number of alkyl halides is 3. The van der Waals surface area contributed by atoms with Crippen molar-refractivity contribution in [1.82, 2.24) is 44.0 Å². The zero-order chi connectivity index (χ0) is 51.3. The third-order valence-corrected chi connectivity index (χ3v) is 14.9. The summed E-state index contributed by atoms with van der Waals surface area (Å²) in [6.45, 7) is 4.66. The summed E-state index contributed by atoms with van der Waals surface area (Å²) in [4.78, 5) is 78.4.